The molecule has 0 amide bonds. The minimum absolute atomic E-state index is 0.561. The summed E-state index contributed by atoms with van der Waals surface area (Å²) < 4.78 is 4.52. The molecule has 0 saturated heterocycles. The maximum atomic E-state index is 5.40. The normalized spacial score (nSPS) is 11.6. The van der Waals surface area contributed by atoms with E-state index in [0.717, 1.165) is 71.9 Å². The third-order valence-electron chi connectivity index (χ3n) is 10.8. The zero-order chi connectivity index (χ0) is 37.0. The highest BCUT2D eigenvalue weighted by Gasteiger charge is 2.21. The van der Waals surface area contributed by atoms with Crippen LogP contribution in [0, 0.1) is 0 Å². The molecule has 5 heteroatoms. The summed E-state index contributed by atoms with van der Waals surface area (Å²) in [4.78, 5) is 16.2. The van der Waals surface area contributed by atoms with E-state index in [4.69, 9.17) is 15.0 Å². The van der Waals surface area contributed by atoms with E-state index in [9.17, 15) is 0 Å². The Morgan fingerprint density at radius 2 is 0.679 bits per heavy atom. The SMILES string of the molecule is c1ccc(-c2cc(-c3ccccc3)cc(-c3nc(-c4ccccc4-n4c5ccccc5c5ccccc54)nc(-n4c5ccccc5c5ccccc54)n3)c2)cc1. The van der Waals surface area contributed by atoms with Crippen molar-refractivity contribution in [2.75, 3.05) is 0 Å². The molecule has 3 heterocycles. The molecule has 56 heavy (non-hydrogen) atoms. The van der Waals surface area contributed by atoms with Gasteiger partial charge in [0.2, 0.25) is 5.95 Å². The van der Waals surface area contributed by atoms with Crippen LogP contribution in [0.25, 0.3) is 100 Å². The first-order valence-electron chi connectivity index (χ1n) is 18.9. The molecule has 0 bridgehead atoms. The van der Waals surface area contributed by atoms with Crippen molar-refractivity contribution in [3.63, 3.8) is 0 Å². The number of benzene rings is 8. The second-order valence-electron chi connectivity index (χ2n) is 14.1. The third-order valence-corrected chi connectivity index (χ3v) is 10.8. The first-order valence-corrected chi connectivity index (χ1v) is 18.9. The Morgan fingerprint density at radius 1 is 0.286 bits per heavy atom. The van der Waals surface area contributed by atoms with Gasteiger partial charge < -0.3 is 4.57 Å². The third kappa shape index (κ3) is 5.21. The second kappa shape index (κ2) is 13.0. The van der Waals surface area contributed by atoms with Gasteiger partial charge in [-0.1, -0.05) is 146 Å². The van der Waals surface area contributed by atoms with Crippen LogP contribution in [-0.2, 0) is 0 Å². The van der Waals surface area contributed by atoms with Crippen molar-refractivity contribution >= 4 is 43.6 Å². The van der Waals surface area contributed by atoms with E-state index in [1.165, 1.54) is 10.8 Å². The summed E-state index contributed by atoms with van der Waals surface area (Å²) in [5, 5.41) is 4.70. The quantitative estimate of drug-likeness (QED) is 0.172. The lowest BCUT2D eigenvalue weighted by Gasteiger charge is -2.16. The Morgan fingerprint density at radius 3 is 1.20 bits per heavy atom. The molecule has 0 aliphatic rings. The van der Waals surface area contributed by atoms with Gasteiger partial charge in [0, 0.05) is 32.7 Å². The molecule has 0 aliphatic heterocycles. The minimum atomic E-state index is 0.561. The van der Waals surface area contributed by atoms with Gasteiger partial charge in [-0.25, -0.2) is 4.98 Å². The molecule has 262 valence electrons. The van der Waals surface area contributed by atoms with E-state index in [0.29, 0.717) is 17.6 Å². The van der Waals surface area contributed by atoms with Crippen LogP contribution in [0.4, 0.5) is 0 Å². The molecule has 11 aromatic rings. The fourth-order valence-electron chi connectivity index (χ4n) is 8.24. The number of hydrogen-bond acceptors (Lipinski definition) is 3. The number of fused-ring (bicyclic) bond motifs is 6. The van der Waals surface area contributed by atoms with Crippen molar-refractivity contribution < 1.29 is 0 Å². The zero-order valence-corrected chi connectivity index (χ0v) is 30.3. The lowest BCUT2D eigenvalue weighted by molar-refractivity contribution is 0.952. The first-order chi connectivity index (χ1) is 27.8. The highest BCUT2D eigenvalue weighted by atomic mass is 15.2. The van der Waals surface area contributed by atoms with Crippen LogP contribution in [0.5, 0.6) is 0 Å². The summed E-state index contributed by atoms with van der Waals surface area (Å²) in [5.41, 5.74) is 11.6. The van der Waals surface area contributed by atoms with Crippen molar-refractivity contribution in [2.24, 2.45) is 0 Å². The predicted molar refractivity (Wildman–Crippen MR) is 230 cm³/mol. The standard InChI is InChI=1S/C51H33N5/c1-3-17-34(18-4-1)36-31-37(35-19-5-2-6-20-35)33-38(32-36)49-52-50(54-51(53-49)56-46-28-14-9-23-41(46)42-24-10-15-29-47(42)56)43-25-11-16-30-48(43)55-44-26-12-7-21-39(44)40-22-8-13-27-45(40)55/h1-33H. The molecule has 5 nitrogen and oxygen atoms in total. The topological polar surface area (TPSA) is 48.5 Å². The van der Waals surface area contributed by atoms with Crippen LogP contribution in [0.2, 0.25) is 0 Å². The maximum absolute atomic E-state index is 5.40. The van der Waals surface area contributed by atoms with Crippen LogP contribution in [0.3, 0.4) is 0 Å². The van der Waals surface area contributed by atoms with Gasteiger partial charge in [0.15, 0.2) is 11.6 Å². The van der Waals surface area contributed by atoms with Crippen LogP contribution in [0.1, 0.15) is 0 Å². The summed E-state index contributed by atoms with van der Waals surface area (Å²) in [6, 6.07) is 70.3. The monoisotopic (exact) mass is 715 g/mol. The van der Waals surface area contributed by atoms with E-state index >= 15 is 0 Å². The summed E-state index contributed by atoms with van der Waals surface area (Å²) in [7, 11) is 0. The van der Waals surface area contributed by atoms with Crippen LogP contribution in [0.15, 0.2) is 200 Å². The highest BCUT2D eigenvalue weighted by Crippen LogP contribution is 2.38. The minimum Gasteiger partial charge on any atom is -0.309 e. The maximum Gasteiger partial charge on any atom is 0.238 e. The number of para-hydroxylation sites is 5. The molecule has 0 atom stereocenters. The second-order valence-corrected chi connectivity index (χ2v) is 14.1. The molecule has 0 spiro atoms. The largest absolute Gasteiger partial charge is 0.309 e. The number of rotatable bonds is 6. The molecule has 0 unspecified atom stereocenters. The molecule has 0 fully saturated rings. The van der Waals surface area contributed by atoms with E-state index in [2.05, 4.69) is 209 Å². The molecular formula is C51H33N5. The Hall–Kier alpha value is -7.63. The summed E-state index contributed by atoms with van der Waals surface area (Å²) in [6.45, 7) is 0. The lowest BCUT2D eigenvalue weighted by Crippen LogP contribution is -2.08. The fourth-order valence-corrected chi connectivity index (χ4v) is 8.24. The van der Waals surface area contributed by atoms with Gasteiger partial charge in [-0.15, -0.1) is 0 Å². The van der Waals surface area contributed by atoms with Gasteiger partial charge >= 0.3 is 0 Å². The molecule has 0 N–H and O–H groups in total. The number of nitrogens with zero attached hydrogens (tertiary/aromatic N) is 5. The molecule has 3 aromatic heterocycles. The van der Waals surface area contributed by atoms with Crippen molar-refractivity contribution in [2.45, 2.75) is 0 Å². The lowest BCUT2D eigenvalue weighted by atomic mass is 9.96. The summed E-state index contributed by atoms with van der Waals surface area (Å²) >= 11 is 0. The number of hydrogen-bond donors (Lipinski definition) is 0. The molecule has 0 aliphatic carbocycles. The van der Waals surface area contributed by atoms with Crippen molar-refractivity contribution in [3.8, 4) is 56.7 Å². The van der Waals surface area contributed by atoms with E-state index < -0.39 is 0 Å². The van der Waals surface area contributed by atoms with Gasteiger partial charge in [-0.05, 0) is 76.9 Å². The van der Waals surface area contributed by atoms with Crippen LogP contribution < -0.4 is 0 Å². The number of aromatic nitrogens is 5. The predicted octanol–water partition coefficient (Wildman–Crippen LogP) is 12.7. The first kappa shape index (κ1) is 31.9. The van der Waals surface area contributed by atoms with E-state index in [-0.39, 0.29) is 0 Å². The molecule has 0 saturated carbocycles. The average molecular weight is 716 g/mol. The van der Waals surface area contributed by atoms with Gasteiger partial charge in [-0.3, -0.25) is 4.57 Å². The fraction of sp³-hybridized carbons (Fsp3) is 0. The highest BCUT2D eigenvalue weighted by molar-refractivity contribution is 6.10. The van der Waals surface area contributed by atoms with Gasteiger partial charge in [-0.2, -0.15) is 9.97 Å². The van der Waals surface area contributed by atoms with Crippen molar-refractivity contribution in [1.82, 2.24) is 24.1 Å². The summed E-state index contributed by atoms with van der Waals surface area (Å²) in [5.74, 6) is 1.75. The summed E-state index contributed by atoms with van der Waals surface area (Å²) in [6.07, 6.45) is 0. The Balaban J connectivity index is 1.22. The van der Waals surface area contributed by atoms with Crippen molar-refractivity contribution in [3.05, 3.63) is 200 Å². The smallest absolute Gasteiger partial charge is 0.238 e. The average Bonchev–Trinajstić information content (AvgIpc) is 3.80. The van der Waals surface area contributed by atoms with E-state index in [1.807, 2.05) is 0 Å². The Kier molecular flexibility index (Phi) is 7.42. The molecular weight excluding hydrogens is 683 g/mol. The molecule has 11 rings (SSSR count). The van der Waals surface area contributed by atoms with Crippen LogP contribution in [-0.4, -0.2) is 24.1 Å². The molecule has 8 aromatic carbocycles. The Bertz CT molecular complexity index is 3090. The molecule has 0 radical (unpaired) electrons. The van der Waals surface area contributed by atoms with Gasteiger partial charge in [0.1, 0.15) is 0 Å². The zero-order valence-electron chi connectivity index (χ0n) is 30.3. The Labute approximate surface area is 323 Å². The van der Waals surface area contributed by atoms with E-state index in [1.54, 1.807) is 0 Å². The van der Waals surface area contributed by atoms with Crippen molar-refractivity contribution in [1.29, 1.82) is 0 Å². The van der Waals surface area contributed by atoms with Gasteiger partial charge in [0.25, 0.3) is 0 Å². The van der Waals surface area contributed by atoms with Crippen LogP contribution >= 0.6 is 0 Å². The van der Waals surface area contributed by atoms with Gasteiger partial charge in [0.05, 0.1) is 27.8 Å².